The molecule has 22 heavy (non-hydrogen) atoms. The highest BCUT2D eigenvalue weighted by molar-refractivity contribution is 9.10. The maximum atomic E-state index is 12.4. The molecule has 0 saturated carbocycles. The lowest BCUT2D eigenvalue weighted by molar-refractivity contribution is 0.0516. The summed E-state index contributed by atoms with van der Waals surface area (Å²) in [6.45, 7) is 3.35. The Balaban J connectivity index is 2.79. The molecule has 1 aromatic heterocycles. The number of para-hydroxylation sites is 1. The number of aromatic nitrogens is 2. The molecule has 0 spiro atoms. The van der Waals surface area contributed by atoms with E-state index in [9.17, 15) is 14.9 Å². The summed E-state index contributed by atoms with van der Waals surface area (Å²) in [5.41, 5.74) is -0.105. The van der Waals surface area contributed by atoms with E-state index in [2.05, 4.69) is 21.0 Å². The first kappa shape index (κ1) is 15.9. The smallest absolute Gasteiger partial charge is 0.359 e. The third-order valence-electron chi connectivity index (χ3n) is 3.00. The van der Waals surface area contributed by atoms with Crippen LogP contribution in [-0.4, -0.2) is 22.4 Å². The molecule has 0 atom stereocenters. The Hall–Kier alpha value is -2.46. The molecule has 0 bridgehead atoms. The van der Waals surface area contributed by atoms with E-state index in [1.165, 1.54) is 6.92 Å². The van der Waals surface area contributed by atoms with Crippen molar-refractivity contribution in [2.24, 2.45) is 0 Å². The van der Waals surface area contributed by atoms with Crippen molar-refractivity contribution in [3.05, 3.63) is 55.9 Å². The Morgan fingerprint density at radius 1 is 1.45 bits per heavy atom. The van der Waals surface area contributed by atoms with Crippen molar-refractivity contribution >= 4 is 21.9 Å². The van der Waals surface area contributed by atoms with Gasteiger partial charge in [-0.3, -0.25) is 4.79 Å². The molecule has 0 aliphatic heterocycles. The molecule has 0 aliphatic carbocycles. The number of carbonyl (C=O) groups is 1. The zero-order chi connectivity index (χ0) is 16.3. The largest absolute Gasteiger partial charge is 0.461 e. The van der Waals surface area contributed by atoms with Crippen molar-refractivity contribution in [3.8, 4) is 11.8 Å². The van der Waals surface area contributed by atoms with Crippen LogP contribution in [0.2, 0.25) is 0 Å². The average Bonchev–Trinajstić information content (AvgIpc) is 2.49. The summed E-state index contributed by atoms with van der Waals surface area (Å²) in [6.07, 6.45) is 0. The van der Waals surface area contributed by atoms with E-state index in [0.29, 0.717) is 10.2 Å². The first-order valence-electron chi connectivity index (χ1n) is 6.47. The zero-order valence-electron chi connectivity index (χ0n) is 12.0. The van der Waals surface area contributed by atoms with E-state index in [1.54, 1.807) is 31.2 Å². The van der Waals surface area contributed by atoms with E-state index in [-0.39, 0.29) is 23.4 Å². The summed E-state index contributed by atoms with van der Waals surface area (Å²) in [6, 6.07) is 8.73. The molecule has 2 aromatic rings. The van der Waals surface area contributed by atoms with Gasteiger partial charge in [-0.25, -0.2) is 4.79 Å². The predicted molar refractivity (Wildman–Crippen MR) is 82.9 cm³/mol. The van der Waals surface area contributed by atoms with E-state index in [1.807, 2.05) is 6.07 Å². The number of nitriles is 1. The van der Waals surface area contributed by atoms with Gasteiger partial charge in [-0.1, -0.05) is 12.1 Å². The van der Waals surface area contributed by atoms with Gasteiger partial charge in [0.25, 0.3) is 5.56 Å². The van der Waals surface area contributed by atoms with E-state index in [0.717, 1.165) is 4.68 Å². The lowest BCUT2D eigenvalue weighted by Gasteiger charge is -2.11. The second-order valence-corrected chi connectivity index (χ2v) is 5.20. The van der Waals surface area contributed by atoms with Crippen LogP contribution in [0.15, 0.2) is 33.5 Å². The summed E-state index contributed by atoms with van der Waals surface area (Å²) < 4.78 is 6.58. The second-order valence-electron chi connectivity index (χ2n) is 4.35. The van der Waals surface area contributed by atoms with Crippen molar-refractivity contribution in [2.75, 3.05) is 6.61 Å². The third-order valence-corrected chi connectivity index (χ3v) is 3.67. The lowest BCUT2D eigenvalue weighted by Crippen LogP contribution is -2.29. The van der Waals surface area contributed by atoms with Crippen LogP contribution in [0.25, 0.3) is 5.69 Å². The molecule has 0 amide bonds. The minimum absolute atomic E-state index is 0.0475. The van der Waals surface area contributed by atoms with E-state index >= 15 is 0 Å². The van der Waals surface area contributed by atoms with Crippen LogP contribution < -0.4 is 5.56 Å². The standard InChI is InChI=1S/C15H12BrN3O3/c1-3-22-15(21)13-9(2)10(8-17)14(20)19(18-13)12-7-5-4-6-11(12)16/h4-7H,3H2,1-2H3. The molecule has 0 N–H and O–H groups in total. The molecule has 0 radical (unpaired) electrons. The van der Waals surface area contributed by atoms with Crippen LogP contribution in [0.3, 0.4) is 0 Å². The number of carbonyl (C=O) groups excluding carboxylic acids is 1. The maximum absolute atomic E-state index is 12.4. The van der Waals surface area contributed by atoms with Crippen LogP contribution in [0.5, 0.6) is 0 Å². The Kier molecular flexibility index (Phi) is 4.73. The second kappa shape index (κ2) is 6.54. The van der Waals surface area contributed by atoms with E-state index in [4.69, 9.17) is 4.74 Å². The molecule has 1 heterocycles. The fourth-order valence-electron chi connectivity index (χ4n) is 1.92. The van der Waals surface area contributed by atoms with Crippen LogP contribution in [0.1, 0.15) is 28.5 Å². The number of esters is 1. The van der Waals surface area contributed by atoms with Crippen LogP contribution in [0, 0.1) is 18.3 Å². The van der Waals surface area contributed by atoms with Gasteiger partial charge in [0, 0.05) is 10.0 Å². The molecule has 1 aromatic carbocycles. The highest BCUT2D eigenvalue weighted by Gasteiger charge is 2.21. The molecule has 7 heteroatoms. The number of hydrogen-bond acceptors (Lipinski definition) is 5. The Morgan fingerprint density at radius 2 is 2.14 bits per heavy atom. The Labute approximate surface area is 135 Å². The molecule has 0 aliphatic rings. The first-order chi connectivity index (χ1) is 10.5. The molecule has 6 nitrogen and oxygen atoms in total. The van der Waals surface area contributed by atoms with Gasteiger partial charge in [-0.15, -0.1) is 0 Å². The SMILES string of the molecule is CCOC(=O)c1nn(-c2ccccc2Br)c(=O)c(C#N)c1C. The molecule has 2 rings (SSSR count). The molecule has 0 saturated heterocycles. The summed E-state index contributed by atoms with van der Waals surface area (Å²) in [5, 5.41) is 13.3. The monoisotopic (exact) mass is 361 g/mol. The fraction of sp³-hybridized carbons (Fsp3) is 0.200. The molecular weight excluding hydrogens is 350 g/mol. The number of rotatable bonds is 3. The van der Waals surface area contributed by atoms with Crippen LogP contribution in [-0.2, 0) is 4.74 Å². The molecule has 0 fully saturated rings. The van der Waals surface area contributed by atoms with Crippen molar-refractivity contribution in [1.29, 1.82) is 5.26 Å². The van der Waals surface area contributed by atoms with Crippen LogP contribution in [0.4, 0.5) is 0 Å². The summed E-state index contributed by atoms with van der Waals surface area (Å²) in [4.78, 5) is 24.4. The number of benzene rings is 1. The zero-order valence-corrected chi connectivity index (χ0v) is 13.5. The van der Waals surface area contributed by atoms with Crippen molar-refractivity contribution < 1.29 is 9.53 Å². The van der Waals surface area contributed by atoms with Crippen molar-refractivity contribution in [3.63, 3.8) is 0 Å². The number of hydrogen-bond donors (Lipinski definition) is 0. The Bertz CT molecular complexity index is 837. The minimum atomic E-state index is -0.669. The predicted octanol–water partition coefficient (Wildman–Crippen LogP) is 2.35. The normalized spacial score (nSPS) is 10.1. The maximum Gasteiger partial charge on any atom is 0.359 e. The van der Waals surface area contributed by atoms with Gasteiger partial charge in [0.05, 0.1) is 12.3 Å². The first-order valence-corrected chi connectivity index (χ1v) is 7.26. The average molecular weight is 362 g/mol. The van der Waals surface area contributed by atoms with Gasteiger partial charge in [0.1, 0.15) is 11.6 Å². The van der Waals surface area contributed by atoms with Gasteiger partial charge in [0.2, 0.25) is 0 Å². The summed E-state index contributed by atoms with van der Waals surface area (Å²) >= 11 is 3.33. The van der Waals surface area contributed by atoms with E-state index < -0.39 is 11.5 Å². The quantitative estimate of drug-likeness (QED) is 0.783. The Morgan fingerprint density at radius 3 is 2.73 bits per heavy atom. The third kappa shape index (κ3) is 2.78. The van der Waals surface area contributed by atoms with Gasteiger partial charge in [-0.2, -0.15) is 15.0 Å². The highest BCUT2D eigenvalue weighted by Crippen LogP contribution is 2.19. The summed E-state index contributed by atoms with van der Waals surface area (Å²) in [5.74, 6) is -0.669. The molecule has 112 valence electrons. The molecule has 0 unspecified atom stereocenters. The van der Waals surface area contributed by atoms with Crippen LogP contribution >= 0.6 is 15.9 Å². The van der Waals surface area contributed by atoms with Gasteiger partial charge in [0.15, 0.2) is 5.69 Å². The van der Waals surface area contributed by atoms with Crippen molar-refractivity contribution in [1.82, 2.24) is 9.78 Å². The van der Waals surface area contributed by atoms with Gasteiger partial charge < -0.3 is 4.74 Å². The molecular formula is C15H12BrN3O3. The lowest BCUT2D eigenvalue weighted by atomic mass is 10.1. The summed E-state index contributed by atoms with van der Waals surface area (Å²) in [7, 11) is 0. The number of halogens is 1. The van der Waals surface area contributed by atoms with Gasteiger partial charge >= 0.3 is 5.97 Å². The topological polar surface area (TPSA) is 85.0 Å². The minimum Gasteiger partial charge on any atom is -0.461 e. The van der Waals surface area contributed by atoms with Crippen molar-refractivity contribution in [2.45, 2.75) is 13.8 Å². The highest BCUT2D eigenvalue weighted by atomic mass is 79.9. The number of ether oxygens (including phenoxy) is 1. The fourth-order valence-corrected chi connectivity index (χ4v) is 2.37. The number of nitrogens with zero attached hydrogens (tertiary/aromatic N) is 3. The van der Waals surface area contributed by atoms with Gasteiger partial charge in [-0.05, 0) is 41.9 Å².